The Labute approximate surface area is 124 Å². The number of aliphatic carboxylic acids is 1. The first-order valence-electron chi connectivity index (χ1n) is 6.61. The first-order valence-corrected chi connectivity index (χ1v) is 6.61. The van der Waals surface area contributed by atoms with Crippen molar-refractivity contribution in [1.29, 1.82) is 0 Å². The predicted molar refractivity (Wildman–Crippen MR) is 78.9 cm³/mol. The fourth-order valence-corrected chi connectivity index (χ4v) is 1.70. The van der Waals surface area contributed by atoms with Crippen molar-refractivity contribution < 1.29 is 19.8 Å². The van der Waals surface area contributed by atoms with Crippen molar-refractivity contribution in [2.24, 2.45) is 0 Å². The van der Waals surface area contributed by atoms with Gasteiger partial charge in [0.2, 0.25) is 0 Å². The topological polar surface area (TPSA) is 89.9 Å². The molecular formula is C15H22N2O4. The first-order chi connectivity index (χ1) is 9.65. The second-order valence-electron chi connectivity index (χ2n) is 5.76. The Balaban J connectivity index is 3.05. The van der Waals surface area contributed by atoms with Gasteiger partial charge in [-0.2, -0.15) is 0 Å². The summed E-state index contributed by atoms with van der Waals surface area (Å²) in [5.41, 5.74) is -1.86. The molecule has 0 radical (unpaired) electrons. The summed E-state index contributed by atoms with van der Waals surface area (Å²) in [5.74, 6) is -1.16. The van der Waals surface area contributed by atoms with Crippen LogP contribution in [0.3, 0.4) is 0 Å². The normalized spacial score (nSPS) is 14.1. The Morgan fingerprint density at radius 3 is 2.14 bits per heavy atom. The van der Waals surface area contributed by atoms with Gasteiger partial charge < -0.3 is 20.4 Å². The molecule has 3 N–H and O–H groups in total. The molecule has 1 aromatic carbocycles. The Hall–Kier alpha value is -2.08. The Kier molecular flexibility index (Phi) is 4.96. The van der Waals surface area contributed by atoms with E-state index in [9.17, 15) is 19.8 Å². The van der Waals surface area contributed by atoms with Crippen molar-refractivity contribution >= 4 is 12.0 Å². The summed E-state index contributed by atoms with van der Waals surface area (Å²) in [6.45, 7) is 4.58. The van der Waals surface area contributed by atoms with E-state index in [0.29, 0.717) is 5.56 Å². The van der Waals surface area contributed by atoms with Crippen LogP contribution in [0.2, 0.25) is 0 Å². The Morgan fingerprint density at radius 1 is 1.19 bits per heavy atom. The quantitative estimate of drug-likeness (QED) is 0.765. The molecule has 1 atom stereocenters. The van der Waals surface area contributed by atoms with Crippen molar-refractivity contribution in [3.05, 3.63) is 35.9 Å². The number of likely N-dealkylation sites (N-methyl/N-ethyl adjacent to an activating group) is 1. The maximum absolute atomic E-state index is 12.3. The highest BCUT2D eigenvalue weighted by Crippen LogP contribution is 2.22. The largest absolute Gasteiger partial charge is 0.479 e. The number of urea groups is 1. The molecule has 0 saturated heterocycles. The molecule has 1 rings (SSSR count). The molecule has 6 nitrogen and oxygen atoms in total. The number of benzene rings is 1. The van der Waals surface area contributed by atoms with Gasteiger partial charge in [0.25, 0.3) is 0 Å². The summed E-state index contributed by atoms with van der Waals surface area (Å²) in [6, 6.07) is 7.92. The number of nitrogens with zero attached hydrogens (tertiary/aromatic N) is 1. The van der Waals surface area contributed by atoms with E-state index in [4.69, 9.17) is 0 Å². The highest BCUT2D eigenvalue weighted by Gasteiger charge is 2.39. The number of aliphatic hydroxyl groups is 1. The number of rotatable bonds is 5. The average Bonchev–Trinajstić information content (AvgIpc) is 2.46. The molecule has 2 amide bonds. The van der Waals surface area contributed by atoms with Crippen LogP contribution in [-0.2, 0) is 10.3 Å². The third-order valence-electron chi connectivity index (χ3n) is 3.74. The second kappa shape index (κ2) is 6.13. The molecule has 0 aliphatic heterocycles. The smallest absolute Gasteiger partial charge is 0.333 e. The standard InChI is InChI=1S/C15H22N2O4/c1-14(2,10-18)17(4)13(21)16-15(3,12(19)20)11-8-6-5-7-9-11/h5-9,18H,10H2,1-4H3,(H,16,21)(H,19,20). The van der Waals surface area contributed by atoms with Gasteiger partial charge in [0, 0.05) is 7.05 Å². The molecule has 116 valence electrons. The van der Waals surface area contributed by atoms with E-state index in [0.717, 1.165) is 0 Å². The Bertz CT molecular complexity index is 516. The van der Waals surface area contributed by atoms with Crippen LogP contribution in [0, 0.1) is 0 Å². The van der Waals surface area contributed by atoms with Crippen LogP contribution in [-0.4, -0.2) is 46.3 Å². The summed E-state index contributed by atoms with van der Waals surface area (Å²) in [6.07, 6.45) is 0. The van der Waals surface area contributed by atoms with Gasteiger partial charge in [-0.25, -0.2) is 9.59 Å². The number of nitrogens with one attached hydrogen (secondary N) is 1. The number of carbonyl (C=O) groups is 2. The van der Waals surface area contributed by atoms with Gasteiger partial charge in [-0.1, -0.05) is 30.3 Å². The lowest BCUT2D eigenvalue weighted by atomic mass is 9.92. The number of carboxylic acid groups (broad SMARTS) is 1. The third kappa shape index (κ3) is 3.52. The molecule has 0 aliphatic carbocycles. The van der Waals surface area contributed by atoms with Crippen molar-refractivity contribution in [3.63, 3.8) is 0 Å². The van der Waals surface area contributed by atoms with Gasteiger partial charge in [0.1, 0.15) is 0 Å². The Morgan fingerprint density at radius 2 is 1.71 bits per heavy atom. The lowest BCUT2D eigenvalue weighted by Gasteiger charge is -2.37. The number of aliphatic hydroxyl groups excluding tert-OH is 1. The third-order valence-corrected chi connectivity index (χ3v) is 3.74. The molecule has 6 heteroatoms. The van der Waals surface area contributed by atoms with Gasteiger partial charge in [0.05, 0.1) is 12.1 Å². The van der Waals surface area contributed by atoms with Crippen LogP contribution in [0.4, 0.5) is 4.79 Å². The highest BCUT2D eigenvalue weighted by atomic mass is 16.4. The zero-order valence-electron chi connectivity index (χ0n) is 12.8. The molecule has 21 heavy (non-hydrogen) atoms. The van der Waals surface area contributed by atoms with E-state index in [2.05, 4.69) is 5.32 Å². The number of hydrogen-bond donors (Lipinski definition) is 3. The van der Waals surface area contributed by atoms with E-state index in [1.165, 1.54) is 18.9 Å². The molecule has 0 saturated carbocycles. The maximum atomic E-state index is 12.3. The molecule has 0 aromatic heterocycles. The summed E-state index contributed by atoms with van der Waals surface area (Å²) >= 11 is 0. The van der Waals surface area contributed by atoms with E-state index < -0.39 is 23.1 Å². The molecule has 1 aromatic rings. The van der Waals surface area contributed by atoms with Crippen LogP contribution in [0.1, 0.15) is 26.3 Å². The van der Waals surface area contributed by atoms with Crippen LogP contribution >= 0.6 is 0 Å². The molecule has 0 spiro atoms. The van der Waals surface area contributed by atoms with Gasteiger partial charge in [-0.3, -0.25) is 0 Å². The van der Waals surface area contributed by atoms with Gasteiger partial charge in [-0.15, -0.1) is 0 Å². The zero-order chi connectivity index (χ0) is 16.3. The molecular weight excluding hydrogens is 272 g/mol. The predicted octanol–water partition coefficient (Wildman–Crippen LogP) is 1.40. The molecule has 0 heterocycles. The minimum Gasteiger partial charge on any atom is -0.479 e. The van der Waals surface area contributed by atoms with Crippen molar-refractivity contribution in [2.75, 3.05) is 13.7 Å². The van der Waals surface area contributed by atoms with Crippen LogP contribution in [0.15, 0.2) is 30.3 Å². The molecule has 0 aliphatic rings. The van der Waals surface area contributed by atoms with Crippen molar-refractivity contribution in [1.82, 2.24) is 10.2 Å². The number of carbonyl (C=O) groups excluding carboxylic acids is 1. The molecule has 0 bridgehead atoms. The fraction of sp³-hybridized carbons (Fsp3) is 0.467. The molecule has 1 unspecified atom stereocenters. The average molecular weight is 294 g/mol. The first kappa shape index (κ1) is 17.0. The van der Waals surface area contributed by atoms with E-state index in [1.54, 1.807) is 44.2 Å². The molecule has 0 fully saturated rings. The summed E-state index contributed by atoms with van der Waals surface area (Å²) in [5, 5.41) is 21.3. The van der Waals surface area contributed by atoms with Gasteiger partial charge in [-0.05, 0) is 26.3 Å². The summed E-state index contributed by atoms with van der Waals surface area (Å²) in [4.78, 5) is 25.2. The minimum atomic E-state index is -1.54. The van der Waals surface area contributed by atoms with E-state index >= 15 is 0 Å². The maximum Gasteiger partial charge on any atom is 0.333 e. The number of carboxylic acids is 1. The zero-order valence-corrected chi connectivity index (χ0v) is 12.8. The van der Waals surface area contributed by atoms with Gasteiger partial charge >= 0.3 is 12.0 Å². The van der Waals surface area contributed by atoms with Crippen molar-refractivity contribution in [3.8, 4) is 0 Å². The highest BCUT2D eigenvalue weighted by molar-refractivity contribution is 5.87. The SMILES string of the molecule is CN(C(=O)NC(C)(C(=O)O)c1ccccc1)C(C)(C)CO. The van der Waals surface area contributed by atoms with Crippen LogP contribution in [0.5, 0.6) is 0 Å². The van der Waals surface area contributed by atoms with Crippen LogP contribution in [0.25, 0.3) is 0 Å². The van der Waals surface area contributed by atoms with E-state index in [1.807, 2.05) is 0 Å². The second-order valence-corrected chi connectivity index (χ2v) is 5.76. The van der Waals surface area contributed by atoms with E-state index in [-0.39, 0.29) is 6.61 Å². The minimum absolute atomic E-state index is 0.230. The number of hydrogen-bond acceptors (Lipinski definition) is 3. The summed E-state index contributed by atoms with van der Waals surface area (Å²) in [7, 11) is 1.51. The lowest BCUT2D eigenvalue weighted by Crippen LogP contribution is -2.58. The monoisotopic (exact) mass is 294 g/mol. The summed E-state index contributed by atoms with van der Waals surface area (Å²) < 4.78 is 0. The van der Waals surface area contributed by atoms with Gasteiger partial charge in [0.15, 0.2) is 5.54 Å². The van der Waals surface area contributed by atoms with Crippen molar-refractivity contribution in [2.45, 2.75) is 31.8 Å². The fourth-order valence-electron chi connectivity index (χ4n) is 1.70. The number of amides is 2. The lowest BCUT2D eigenvalue weighted by molar-refractivity contribution is -0.144. The van der Waals surface area contributed by atoms with Crippen LogP contribution < -0.4 is 5.32 Å².